The highest BCUT2D eigenvalue weighted by Crippen LogP contribution is 2.45. The monoisotopic (exact) mass is 551 g/mol. The van der Waals surface area contributed by atoms with Crippen LogP contribution in [0.15, 0.2) is 106 Å². The molecule has 1 aliphatic rings. The maximum absolute atomic E-state index is 10.1. The SMILES string of the molecule is N#Cc1ccc2c(c1)c1ccccc1n2-c1cccc2c1oc1c(C#N)ccc(-c3cccc4c5c(oc34)CCC=C5)c12. The Morgan fingerprint density at radius 1 is 0.651 bits per heavy atom. The van der Waals surface area contributed by atoms with Crippen molar-refractivity contribution < 1.29 is 8.83 Å². The van der Waals surface area contributed by atoms with E-state index in [9.17, 15) is 10.5 Å². The van der Waals surface area contributed by atoms with E-state index in [1.165, 1.54) is 0 Å². The van der Waals surface area contributed by atoms with E-state index in [2.05, 4.69) is 65.3 Å². The number of nitrogens with zero attached hydrogens (tertiary/aromatic N) is 3. The molecule has 0 spiro atoms. The van der Waals surface area contributed by atoms with Crippen LogP contribution in [0, 0.1) is 22.7 Å². The molecular formula is C38H21N3O2. The van der Waals surface area contributed by atoms with E-state index in [4.69, 9.17) is 8.83 Å². The van der Waals surface area contributed by atoms with Crippen LogP contribution < -0.4 is 0 Å². The number of aryl methyl sites for hydroxylation is 1. The Kier molecular flexibility index (Phi) is 4.80. The van der Waals surface area contributed by atoms with Crippen molar-refractivity contribution in [1.82, 2.24) is 4.57 Å². The Balaban J connectivity index is 1.39. The second kappa shape index (κ2) is 8.73. The van der Waals surface area contributed by atoms with Crippen molar-refractivity contribution in [3.05, 3.63) is 120 Å². The van der Waals surface area contributed by atoms with Crippen molar-refractivity contribution in [3.8, 4) is 29.0 Å². The summed E-state index contributed by atoms with van der Waals surface area (Å²) in [6.45, 7) is 0. The van der Waals surface area contributed by atoms with Gasteiger partial charge in [-0.05, 0) is 48.4 Å². The van der Waals surface area contributed by atoms with Gasteiger partial charge >= 0.3 is 0 Å². The van der Waals surface area contributed by atoms with E-state index < -0.39 is 0 Å². The molecule has 3 aromatic heterocycles. The summed E-state index contributed by atoms with van der Waals surface area (Å²) in [6.07, 6.45) is 6.22. The van der Waals surface area contributed by atoms with Gasteiger partial charge in [0, 0.05) is 44.5 Å². The molecule has 0 unspecified atom stereocenters. The number of allylic oxidation sites excluding steroid dienone is 1. The molecule has 9 rings (SSSR count). The predicted molar refractivity (Wildman–Crippen MR) is 170 cm³/mol. The summed E-state index contributed by atoms with van der Waals surface area (Å²) in [6, 6.07) is 34.9. The third-order valence-electron chi connectivity index (χ3n) is 8.73. The largest absolute Gasteiger partial charge is 0.460 e. The van der Waals surface area contributed by atoms with Crippen molar-refractivity contribution in [3.63, 3.8) is 0 Å². The number of benzene rings is 5. The zero-order valence-electron chi connectivity index (χ0n) is 22.9. The van der Waals surface area contributed by atoms with Crippen LogP contribution in [0.2, 0.25) is 0 Å². The summed E-state index contributed by atoms with van der Waals surface area (Å²) in [5, 5.41) is 24.7. The molecule has 1 aliphatic carbocycles. The molecule has 0 saturated heterocycles. The Morgan fingerprint density at radius 2 is 1.49 bits per heavy atom. The lowest BCUT2D eigenvalue weighted by molar-refractivity contribution is 0.547. The van der Waals surface area contributed by atoms with E-state index in [-0.39, 0.29) is 0 Å². The zero-order chi connectivity index (χ0) is 28.7. The Hall–Kier alpha value is -6.04. The van der Waals surface area contributed by atoms with Gasteiger partial charge in [0.15, 0.2) is 11.2 Å². The van der Waals surface area contributed by atoms with Gasteiger partial charge in [-0.15, -0.1) is 0 Å². The van der Waals surface area contributed by atoms with E-state index in [1.807, 2.05) is 54.6 Å². The van der Waals surface area contributed by atoms with E-state index >= 15 is 0 Å². The minimum Gasteiger partial charge on any atom is -0.460 e. The molecule has 3 heterocycles. The van der Waals surface area contributed by atoms with Crippen molar-refractivity contribution >= 4 is 60.8 Å². The summed E-state index contributed by atoms with van der Waals surface area (Å²) in [7, 11) is 0. The summed E-state index contributed by atoms with van der Waals surface area (Å²) in [5.74, 6) is 1.01. The fourth-order valence-corrected chi connectivity index (χ4v) is 6.86. The van der Waals surface area contributed by atoms with Crippen molar-refractivity contribution in [1.29, 1.82) is 10.5 Å². The van der Waals surface area contributed by atoms with Crippen LogP contribution in [0.5, 0.6) is 0 Å². The molecule has 0 saturated carbocycles. The second-order valence-electron chi connectivity index (χ2n) is 11.0. The number of rotatable bonds is 2. The van der Waals surface area contributed by atoms with Gasteiger partial charge in [0.2, 0.25) is 0 Å². The fraction of sp³-hybridized carbons (Fsp3) is 0.0526. The number of nitriles is 2. The number of para-hydroxylation sites is 3. The number of fused-ring (bicyclic) bond motifs is 9. The summed E-state index contributed by atoms with van der Waals surface area (Å²) in [4.78, 5) is 0. The standard InChI is InChI=1S/C38H21N3O2/c39-20-22-15-18-32-30(19-22)24-7-1-3-12-31(24)41(32)33-13-6-11-29-35-26(17-16-23(21-40)36(35)43-38(29)33)28-10-5-9-27-25-8-2-4-14-34(25)42-37(27)28/h1-3,5-13,15-19H,4,14H2. The Labute approximate surface area is 245 Å². The quantitative estimate of drug-likeness (QED) is 0.214. The molecule has 5 aromatic carbocycles. The molecule has 200 valence electrons. The average molecular weight is 552 g/mol. The van der Waals surface area contributed by atoms with E-state index in [0.717, 1.165) is 84.5 Å². The molecule has 5 heteroatoms. The Bertz CT molecular complexity index is 2590. The van der Waals surface area contributed by atoms with Gasteiger partial charge in [-0.25, -0.2) is 0 Å². The third-order valence-corrected chi connectivity index (χ3v) is 8.73. The summed E-state index contributed by atoms with van der Waals surface area (Å²) >= 11 is 0. The highest BCUT2D eigenvalue weighted by molar-refractivity contribution is 6.18. The Morgan fingerprint density at radius 3 is 2.40 bits per heavy atom. The van der Waals surface area contributed by atoms with E-state index in [0.29, 0.717) is 22.3 Å². The van der Waals surface area contributed by atoms with Gasteiger partial charge in [-0.1, -0.05) is 66.7 Å². The van der Waals surface area contributed by atoms with Crippen molar-refractivity contribution in [2.24, 2.45) is 0 Å². The highest BCUT2D eigenvalue weighted by atomic mass is 16.3. The second-order valence-corrected chi connectivity index (χ2v) is 11.0. The van der Waals surface area contributed by atoms with Crippen LogP contribution in [0.1, 0.15) is 28.9 Å². The first-order valence-corrected chi connectivity index (χ1v) is 14.3. The molecule has 5 nitrogen and oxygen atoms in total. The van der Waals surface area contributed by atoms with Gasteiger partial charge in [-0.3, -0.25) is 0 Å². The number of furan rings is 2. The molecule has 8 aromatic rings. The van der Waals surface area contributed by atoms with E-state index in [1.54, 1.807) is 0 Å². The molecule has 0 fully saturated rings. The van der Waals surface area contributed by atoms with Crippen LogP contribution in [0.25, 0.3) is 77.6 Å². The number of hydrogen-bond donors (Lipinski definition) is 0. The number of hydrogen-bond acceptors (Lipinski definition) is 4. The van der Waals surface area contributed by atoms with Gasteiger partial charge in [0.1, 0.15) is 17.4 Å². The minimum atomic E-state index is 0.482. The molecule has 0 amide bonds. The minimum absolute atomic E-state index is 0.482. The molecule has 0 N–H and O–H groups in total. The van der Waals surface area contributed by atoms with Crippen LogP contribution in [-0.4, -0.2) is 4.57 Å². The topological polar surface area (TPSA) is 78.8 Å². The maximum atomic E-state index is 10.1. The smallest absolute Gasteiger partial charge is 0.159 e. The summed E-state index contributed by atoms with van der Waals surface area (Å²) < 4.78 is 15.4. The molecule has 0 atom stereocenters. The lowest BCUT2D eigenvalue weighted by Gasteiger charge is -2.09. The molecule has 43 heavy (non-hydrogen) atoms. The predicted octanol–water partition coefficient (Wildman–Crippen LogP) is 9.80. The first-order valence-electron chi connectivity index (χ1n) is 14.3. The fourth-order valence-electron chi connectivity index (χ4n) is 6.86. The first-order chi connectivity index (χ1) is 21.2. The van der Waals surface area contributed by atoms with Crippen LogP contribution in [0.3, 0.4) is 0 Å². The maximum Gasteiger partial charge on any atom is 0.159 e. The summed E-state index contributed by atoms with van der Waals surface area (Å²) in [5.41, 5.74) is 9.16. The van der Waals surface area contributed by atoms with Gasteiger partial charge < -0.3 is 13.4 Å². The van der Waals surface area contributed by atoms with Crippen LogP contribution >= 0.6 is 0 Å². The lowest BCUT2D eigenvalue weighted by atomic mass is 9.95. The lowest BCUT2D eigenvalue weighted by Crippen LogP contribution is -1.94. The molecule has 0 radical (unpaired) electrons. The van der Waals surface area contributed by atoms with Crippen LogP contribution in [-0.2, 0) is 6.42 Å². The third kappa shape index (κ3) is 3.19. The van der Waals surface area contributed by atoms with Gasteiger partial charge in [0.25, 0.3) is 0 Å². The van der Waals surface area contributed by atoms with Crippen molar-refractivity contribution in [2.45, 2.75) is 12.8 Å². The average Bonchev–Trinajstić information content (AvgIpc) is 3.74. The normalized spacial score (nSPS) is 12.8. The molecule has 0 bridgehead atoms. The van der Waals surface area contributed by atoms with Gasteiger partial charge in [0.05, 0.1) is 33.9 Å². The van der Waals surface area contributed by atoms with Gasteiger partial charge in [-0.2, -0.15) is 10.5 Å². The number of aromatic nitrogens is 1. The first kappa shape index (κ1) is 23.6. The van der Waals surface area contributed by atoms with Crippen molar-refractivity contribution in [2.75, 3.05) is 0 Å². The zero-order valence-corrected chi connectivity index (χ0v) is 22.9. The molecular weight excluding hydrogens is 530 g/mol. The molecule has 0 aliphatic heterocycles. The highest BCUT2D eigenvalue weighted by Gasteiger charge is 2.24. The van der Waals surface area contributed by atoms with Crippen LogP contribution in [0.4, 0.5) is 0 Å².